The topological polar surface area (TPSA) is 74.6 Å². The molecule has 0 aromatic heterocycles. The van der Waals surface area contributed by atoms with Crippen molar-refractivity contribution in [2.75, 3.05) is 58.8 Å². The summed E-state index contributed by atoms with van der Waals surface area (Å²) in [5.74, 6) is 3.05. The minimum Gasteiger partial charge on any atom is -1.00 e. The SMILES string of the molecule is CC.CCC(C)CN.CCC(C)CNCCCCCCNC.CCCCCCCCCCNCC(C)CC.ClCC1CO1.[Cl-]. The van der Waals surface area contributed by atoms with Gasteiger partial charge in [-0.25, -0.2) is 0 Å². The first-order valence-corrected chi connectivity index (χ1v) is 19.3. The lowest BCUT2D eigenvalue weighted by molar-refractivity contribution is -0.0000105. The van der Waals surface area contributed by atoms with Crippen LogP contribution in [0.2, 0.25) is 0 Å². The van der Waals surface area contributed by atoms with Crippen molar-refractivity contribution in [1.29, 1.82) is 0 Å². The number of alkyl halides is 1. The third-order valence-corrected chi connectivity index (χ3v) is 8.13. The molecule has 0 radical (unpaired) electrons. The van der Waals surface area contributed by atoms with E-state index in [1.807, 2.05) is 20.9 Å². The zero-order valence-corrected chi connectivity index (χ0v) is 33.3. The molecule has 1 heterocycles. The van der Waals surface area contributed by atoms with E-state index in [9.17, 15) is 0 Å². The number of epoxide rings is 1. The summed E-state index contributed by atoms with van der Waals surface area (Å²) in [6.45, 7) is 27.4. The normalized spacial score (nSPS) is 14.9. The molecule has 5 N–H and O–H groups in total. The van der Waals surface area contributed by atoms with Crippen LogP contribution in [0.25, 0.3) is 0 Å². The van der Waals surface area contributed by atoms with Crippen LogP contribution >= 0.6 is 11.6 Å². The van der Waals surface area contributed by atoms with Crippen molar-refractivity contribution < 1.29 is 17.1 Å². The van der Waals surface area contributed by atoms with Crippen molar-refractivity contribution in [1.82, 2.24) is 16.0 Å². The zero-order chi connectivity index (χ0) is 33.4. The van der Waals surface area contributed by atoms with E-state index in [0.29, 0.717) is 17.9 Å². The predicted molar refractivity (Wildman–Crippen MR) is 200 cm³/mol. The average molecular weight is 673 g/mol. The van der Waals surface area contributed by atoms with Crippen molar-refractivity contribution in [3.8, 4) is 0 Å². The van der Waals surface area contributed by atoms with Crippen LogP contribution in [0.5, 0.6) is 0 Å². The van der Waals surface area contributed by atoms with Gasteiger partial charge in [-0.1, -0.05) is 139 Å². The van der Waals surface area contributed by atoms with E-state index >= 15 is 0 Å². The second-order valence-corrected chi connectivity index (χ2v) is 12.6. The van der Waals surface area contributed by atoms with E-state index < -0.39 is 0 Å². The number of hydrogen-bond donors (Lipinski definition) is 4. The third-order valence-electron chi connectivity index (χ3n) is 7.79. The summed E-state index contributed by atoms with van der Waals surface area (Å²) in [7, 11) is 2.02. The Bertz CT molecular complexity index is 442. The van der Waals surface area contributed by atoms with E-state index in [1.165, 1.54) is 129 Å². The smallest absolute Gasteiger partial charge is 0.0944 e. The Labute approximate surface area is 290 Å². The molecule has 1 fully saturated rings. The van der Waals surface area contributed by atoms with Crippen LogP contribution in [-0.2, 0) is 4.74 Å². The van der Waals surface area contributed by atoms with E-state index in [4.69, 9.17) is 22.1 Å². The number of halogens is 2. The summed E-state index contributed by atoms with van der Waals surface area (Å²) in [5.41, 5.74) is 5.28. The molecule has 0 aromatic rings. The van der Waals surface area contributed by atoms with Gasteiger partial charge in [-0.05, 0) is 83.3 Å². The lowest BCUT2D eigenvalue weighted by Crippen LogP contribution is -3.00. The zero-order valence-electron chi connectivity index (χ0n) is 31.8. The van der Waals surface area contributed by atoms with E-state index in [0.717, 1.165) is 25.0 Å². The largest absolute Gasteiger partial charge is 1.00 e. The van der Waals surface area contributed by atoms with Crippen molar-refractivity contribution >= 4 is 11.6 Å². The van der Waals surface area contributed by atoms with Gasteiger partial charge in [0.1, 0.15) is 0 Å². The van der Waals surface area contributed by atoms with Crippen LogP contribution in [-0.4, -0.2) is 64.9 Å². The second-order valence-electron chi connectivity index (χ2n) is 12.3. The second kappa shape index (κ2) is 50.2. The van der Waals surface area contributed by atoms with Crippen LogP contribution < -0.4 is 34.1 Å². The van der Waals surface area contributed by atoms with Gasteiger partial charge in [-0.15, -0.1) is 11.6 Å². The molecule has 1 aliphatic heterocycles. The summed E-state index contributed by atoms with van der Waals surface area (Å²) in [6.07, 6.45) is 20.9. The summed E-state index contributed by atoms with van der Waals surface area (Å²) in [6, 6.07) is 0. The lowest BCUT2D eigenvalue weighted by atomic mass is 10.1. The van der Waals surface area contributed by atoms with Gasteiger partial charge in [-0.2, -0.15) is 0 Å². The van der Waals surface area contributed by atoms with Crippen molar-refractivity contribution in [2.45, 2.75) is 165 Å². The molecule has 4 unspecified atom stereocenters. The standard InChI is InChI=1S/C15H33N.C12H28N2.C5H13N.C3H5ClO.C2H6.ClH/c1-4-6-7-8-9-10-11-12-13-16-14-15(3)5-2;1-4-12(2)11-14-10-8-6-5-7-9-13-3;1-3-5(2)4-6;4-1-3-2-5-3;1-2;/h15-16H,4-14H2,1-3H3;12-14H,4-11H2,1-3H3;5H,3-4,6H2,1-2H3;3H,1-2H2;1-2H3;1H/p-1. The van der Waals surface area contributed by atoms with Gasteiger partial charge in [0.05, 0.1) is 18.6 Å². The Hall–Kier alpha value is 0.380. The molecule has 0 bridgehead atoms. The first-order valence-electron chi connectivity index (χ1n) is 18.8. The Balaban J connectivity index is -0.000000163. The highest BCUT2D eigenvalue weighted by Crippen LogP contribution is 2.09. The number of nitrogens with one attached hydrogen (secondary N) is 3. The number of nitrogens with two attached hydrogens (primary N) is 1. The van der Waals surface area contributed by atoms with Crippen LogP contribution in [0.4, 0.5) is 0 Å². The minimum atomic E-state index is 0. The molecule has 0 spiro atoms. The van der Waals surface area contributed by atoms with Gasteiger partial charge >= 0.3 is 0 Å². The summed E-state index contributed by atoms with van der Waals surface area (Å²) >= 11 is 5.27. The lowest BCUT2D eigenvalue weighted by Gasteiger charge is -2.09. The molecule has 7 heteroatoms. The Kier molecular flexibility index (Phi) is 61.5. The molecule has 1 rings (SSSR count). The van der Waals surface area contributed by atoms with Gasteiger partial charge in [0, 0.05) is 0 Å². The van der Waals surface area contributed by atoms with Gasteiger partial charge in [0.15, 0.2) is 0 Å². The van der Waals surface area contributed by atoms with Crippen molar-refractivity contribution in [2.24, 2.45) is 23.5 Å². The first-order chi connectivity index (χ1) is 20.9. The fourth-order valence-corrected chi connectivity index (χ4v) is 3.78. The van der Waals surface area contributed by atoms with Crippen molar-refractivity contribution in [3.05, 3.63) is 0 Å². The molecule has 0 aromatic carbocycles. The number of ether oxygens (including phenoxy) is 1. The quantitative estimate of drug-likeness (QED) is 0.0488. The fraction of sp³-hybridized carbons (Fsp3) is 1.00. The van der Waals surface area contributed by atoms with Gasteiger partial charge < -0.3 is 38.8 Å². The molecule has 4 atom stereocenters. The average Bonchev–Trinajstić information content (AvgIpc) is 3.89. The Morgan fingerprint density at radius 2 is 1.02 bits per heavy atom. The van der Waals surface area contributed by atoms with Crippen LogP contribution in [0, 0.1) is 17.8 Å². The fourth-order valence-electron chi connectivity index (χ4n) is 3.60. The summed E-state index contributed by atoms with van der Waals surface area (Å²) in [5, 5.41) is 10.2. The molecule has 274 valence electrons. The third kappa shape index (κ3) is 58.0. The molecule has 0 aliphatic carbocycles. The van der Waals surface area contributed by atoms with Gasteiger partial charge in [0.2, 0.25) is 0 Å². The van der Waals surface area contributed by atoms with E-state index in [-0.39, 0.29) is 12.4 Å². The van der Waals surface area contributed by atoms with Crippen LogP contribution in [0.3, 0.4) is 0 Å². The maximum absolute atomic E-state index is 5.28. The molecular weight excluding hydrogens is 587 g/mol. The molecule has 0 saturated carbocycles. The van der Waals surface area contributed by atoms with Crippen LogP contribution in [0.1, 0.15) is 159 Å². The monoisotopic (exact) mass is 672 g/mol. The molecule has 0 amide bonds. The van der Waals surface area contributed by atoms with Crippen molar-refractivity contribution in [3.63, 3.8) is 0 Å². The molecule has 44 heavy (non-hydrogen) atoms. The molecule has 5 nitrogen and oxygen atoms in total. The highest BCUT2D eigenvalue weighted by Gasteiger charge is 2.19. The summed E-state index contributed by atoms with van der Waals surface area (Å²) in [4.78, 5) is 0. The van der Waals surface area contributed by atoms with Gasteiger partial charge in [-0.3, -0.25) is 0 Å². The molecule has 1 aliphatic rings. The highest BCUT2D eigenvalue weighted by molar-refractivity contribution is 6.18. The van der Waals surface area contributed by atoms with E-state index in [1.54, 1.807) is 0 Å². The maximum atomic E-state index is 5.28. The van der Waals surface area contributed by atoms with Crippen LogP contribution in [0.15, 0.2) is 0 Å². The molecule has 1 saturated heterocycles. The summed E-state index contributed by atoms with van der Waals surface area (Å²) < 4.78 is 4.73. The first kappa shape index (κ1) is 53.9. The Morgan fingerprint density at radius 3 is 1.27 bits per heavy atom. The number of hydrogen-bond acceptors (Lipinski definition) is 5. The highest BCUT2D eigenvalue weighted by atomic mass is 35.5. The number of unbranched alkanes of at least 4 members (excludes halogenated alkanes) is 10. The minimum absolute atomic E-state index is 0. The van der Waals surface area contributed by atoms with E-state index in [2.05, 4.69) is 64.4 Å². The Morgan fingerprint density at radius 1 is 0.659 bits per heavy atom. The molecular formula is C37H85Cl2N4O-. The maximum Gasteiger partial charge on any atom is 0.0944 e. The predicted octanol–water partition coefficient (Wildman–Crippen LogP) is 6.81. The number of rotatable bonds is 25. The van der Waals surface area contributed by atoms with Gasteiger partial charge in [0.25, 0.3) is 0 Å².